The van der Waals surface area contributed by atoms with Gasteiger partial charge in [0.05, 0.1) is 13.2 Å². The van der Waals surface area contributed by atoms with Gasteiger partial charge in [-0.05, 0) is 37.3 Å². The Morgan fingerprint density at radius 3 is 2.62 bits per heavy atom. The Hall–Kier alpha value is -1.14. The van der Waals surface area contributed by atoms with Gasteiger partial charge in [0, 0.05) is 25.7 Å². The predicted octanol–water partition coefficient (Wildman–Crippen LogP) is 2.13. The van der Waals surface area contributed by atoms with Gasteiger partial charge in [0.2, 0.25) is 17.2 Å². The molecular weight excluding hydrogens is 290 g/mol. The van der Waals surface area contributed by atoms with E-state index in [-0.39, 0.29) is 5.28 Å². The summed E-state index contributed by atoms with van der Waals surface area (Å²) < 4.78 is 5.38. The van der Waals surface area contributed by atoms with Gasteiger partial charge < -0.3 is 14.5 Å². The maximum atomic E-state index is 6.13. The fourth-order valence-corrected chi connectivity index (χ4v) is 3.20. The third kappa shape index (κ3) is 3.37. The smallest absolute Gasteiger partial charge is 0.231 e. The zero-order valence-corrected chi connectivity index (χ0v) is 13.2. The summed E-state index contributed by atoms with van der Waals surface area (Å²) in [6.45, 7) is 6.24. The number of rotatable bonds is 3. The summed E-state index contributed by atoms with van der Waals surface area (Å²) in [5.74, 6) is 1.40. The molecule has 0 aromatic carbocycles. The highest BCUT2D eigenvalue weighted by molar-refractivity contribution is 6.28. The van der Waals surface area contributed by atoms with Crippen molar-refractivity contribution < 1.29 is 4.74 Å². The molecule has 0 spiro atoms. The molecule has 0 N–H and O–H groups in total. The molecular formula is C14H22ClN5O. The van der Waals surface area contributed by atoms with E-state index >= 15 is 0 Å². The summed E-state index contributed by atoms with van der Waals surface area (Å²) >= 11 is 6.13. The molecule has 116 valence electrons. The number of aromatic nitrogens is 3. The van der Waals surface area contributed by atoms with Crippen LogP contribution < -0.4 is 9.80 Å². The van der Waals surface area contributed by atoms with E-state index in [1.54, 1.807) is 0 Å². The van der Waals surface area contributed by atoms with Crippen LogP contribution in [0.3, 0.4) is 0 Å². The van der Waals surface area contributed by atoms with E-state index in [9.17, 15) is 0 Å². The number of morpholine rings is 1. The third-order valence-electron chi connectivity index (χ3n) is 4.23. The molecule has 0 aliphatic carbocycles. The average Bonchev–Trinajstić information content (AvgIpc) is 2.55. The maximum absolute atomic E-state index is 6.13. The molecule has 2 aliphatic heterocycles. The van der Waals surface area contributed by atoms with Gasteiger partial charge in [-0.15, -0.1) is 0 Å². The Bertz CT molecular complexity index is 480. The number of halogens is 1. The molecule has 3 heterocycles. The van der Waals surface area contributed by atoms with Gasteiger partial charge >= 0.3 is 0 Å². The highest BCUT2D eigenvalue weighted by Gasteiger charge is 2.25. The van der Waals surface area contributed by atoms with Crippen LogP contribution in [0.4, 0.5) is 11.9 Å². The quantitative estimate of drug-likeness (QED) is 0.852. The van der Waals surface area contributed by atoms with Crippen LogP contribution in [0.25, 0.3) is 0 Å². The third-order valence-corrected chi connectivity index (χ3v) is 4.40. The molecule has 0 amide bonds. The van der Waals surface area contributed by atoms with Crippen LogP contribution in [-0.4, -0.2) is 53.8 Å². The van der Waals surface area contributed by atoms with Crippen molar-refractivity contribution in [3.05, 3.63) is 5.28 Å². The number of hydrogen-bond acceptors (Lipinski definition) is 6. The molecule has 6 nitrogen and oxygen atoms in total. The van der Waals surface area contributed by atoms with Gasteiger partial charge in [0.15, 0.2) is 0 Å². The fraction of sp³-hybridized carbons (Fsp3) is 0.786. The van der Waals surface area contributed by atoms with Crippen molar-refractivity contribution in [1.29, 1.82) is 0 Å². The number of piperidine rings is 1. The average molecular weight is 312 g/mol. The first kappa shape index (κ1) is 14.8. The van der Waals surface area contributed by atoms with Crippen LogP contribution in [0.2, 0.25) is 5.28 Å². The van der Waals surface area contributed by atoms with Gasteiger partial charge in [-0.2, -0.15) is 15.0 Å². The molecule has 0 bridgehead atoms. The maximum Gasteiger partial charge on any atom is 0.231 e. The van der Waals surface area contributed by atoms with Gasteiger partial charge in [-0.1, -0.05) is 6.92 Å². The SMILES string of the molecule is CCC1CCCCN1c1nc(Cl)nc(N2CCOCC2)n1. The first-order chi connectivity index (χ1) is 10.3. The molecule has 1 unspecified atom stereocenters. The van der Waals surface area contributed by atoms with Crippen LogP contribution in [0, 0.1) is 0 Å². The van der Waals surface area contributed by atoms with E-state index in [2.05, 4.69) is 31.7 Å². The van der Waals surface area contributed by atoms with E-state index < -0.39 is 0 Å². The molecule has 21 heavy (non-hydrogen) atoms. The van der Waals surface area contributed by atoms with E-state index in [4.69, 9.17) is 16.3 Å². The zero-order valence-electron chi connectivity index (χ0n) is 12.5. The summed E-state index contributed by atoms with van der Waals surface area (Å²) in [5.41, 5.74) is 0. The van der Waals surface area contributed by atoms with Crippen molar-refractivity contribution in [2.45, 2.75) is 38.6 Å². The molecule has 3 rings (SSSR count). The van der Waals surface area contributed by atoms with Crippen molar-refractivity contribution in [3.8, 4) is 0 Å². The molecule has 1 aromatic rings. The van der Waals surface area contributed by atoms with Crippen molar-refractivity contribution in [2.75, 3.05) is 42.6 Å². The normalized spacial score (nSPS) is 23.4. The van der Waals surface area contributed by atoms with Crippen LogP contribution in [-0.2, 0) is 4.74 Å². The largest absolute Gasteiger partial charge is 0.378 e. The summed E-state index contributed by atoms with van der Waals surface area (Å²) in [5, 5.41) is 0.280. The second kappa shape index (κ2) is 6.75. The lowest BCUT2D eigenvalue weighted by Crippen LogP contribution is -2.41. The number of nitrogens with zero attached hydrogens (tertiary/aromatic N) is 5. The number of hydrogen-bond donors (Lipinski definition) is 0. The first-order valence-corrected chi connectivity index (χ1v) is 8.16. The Balaban J connectivity index is 1.85. The minimum atomic E-state index is 0.280. The van der Waals surface area contributed by atoms with E-state index in [0.717, 1.165) is 32.0 Å². The zero-order chi connectivity index (χ0) is 14.7. The minimum Gasteiger partial charge on any atom is -0.378 e. The summed E-state index contributed by atoms with van der Waals surface area (Å²) in [7, 11) is 0. The highest BCUT2D eigenvalue weighted by atomic mass is 35.5. The second-order valence-corrected chi connectivity index (χ2v) is 5.89. The summed E-state index contributed by atoms with van der Waals surface area (Å²) in [6.07, 6.45) is 4.78. The van der Waals surface area contributed by atoms with Crippen LogP contribution >= 0.6 is 11.6 Å². The molecule has 7 heteroatoms. The minimum absolute atomic E-state index is 0.280. The monoisotopic (exact) mass is 311 g/mol. The second-order valence-electron chi connectivity index (χ2n) is 5.56. The van der Waals surface area contributed by atoms with Crippen molar-refractivity contribution in [2.24, 2.45) is 0 Å². The Kier molecular flexibility index (Phi) is 4.75. The molecule has 2 saturated heterocycles. The van der Waals surface area contributed by atoms with Crippen molar-refractivity contribution in [1.82, 2.24) is 15.0 Å². The topological polar surface area (TPSA) is 54.4 Å². The van der Waals surface area contributed by atoms with Crippen LogP contribution in [0.1, 0.15) is 32.6 Å². The van der Waals surface area contributed by atoms with E-state index in [1.165, 1.54) is 19.3 Å². The lowest BCUT2D eigenvalue weighted by Gasteiger charge is -2.35. The lowest BCUT2D eigenvalue weighted by atomic mass is 10.0. The molecule has 0 saturated carbocycles. The van der Waals surface area contributed by atoms with Gasteiger partial charge in [-0.25, -0.2) is 0 Å². The molecule has 2 aliphatic rings. The Morgan fingerprint density at radius 2 is 1.86 bits per heavy atom. The predicted molar refractivity (Wildman–Crippen MR) is 83.1 cm³/mol. The Morgan fingerprint density at radius 1 is 1.10 bits per heavy atom. The summed E-state index contributed by atoms with van der Waals surface area (Å²) in [6, 6.07) is 0.509. The van der Waals surface area contributed by atoms with Crippen LogP contribution in [0.5, 0.6) is 0 Å². The van der Waals surface area contributed by atoms with Gasteiger partial charge in [-0.3, -0.25) is 0 Å². The molecule has 0 radical (unpaired) electrons. The van der Waals surface area contributed by atoms with E-state index in [0.29, 0.717) is 25.2 Å². The summed E-state index contributed by atoms with van der Waals surface area (Å²) in [4.78, 5) is 17.7. The number of anilines is 2. The van der Waals surface area contributed by atoms with Crippen LogP contribution in [0.15, 0.2) is 0 Å². The van der Waals surface area contributed by atoms with Gasteiger partial charge in [0.1, 0.15) is 0 Å². The molecule has 2 fully saturated rings. The van der Waals surface area contributed by atoms with Crippen molar-refractivity contribution >= 4 is 23.5 Å². The first-order valence-electron chi connectivity index (χ1n) is 7.79. The lowest BCUT2D eigenvalue weighted by molar-refractivity contribution is 0.122. The fourth-order valence-electron chi connectivity index (χ4n) is 3.05. The van der Waals surface area contributed by atoms with Crippen molar-refractivity contribution in [3.63, 3.8) is 0 Å². The Labute approximate surface area is 130 Å². The highest BCUT2D eigenvalue weighted by Crippen LogP contribution is 2.26. The van der Waals surface area contributed by atoms with E-state index in [1.807, 2.05) is 0 Å². The molecule has 1 atom stereocenters. The molecule has 1 aromatic heterocycles. The van der Waals surface area contributed by atoms with Gasteiger partial charge in [0.25, 0.3) is 0 Å². The number of ether oxygens (including phenoxy) is 1. The standard InChI is InChI=1S/C14H22ClN5O/c1-2-11-5-3-4-6-20(11)14-17-12(15)16-13(18-14)19-7-9-21-10-8-19/h11H,2-10H2,1H3.